The van der Waals surface area contributed by atoms with E-state index in [1.165, 1.54) is 5.56 Å². The molecule has 21 heavy (non-hydrogen) atoms. The van der Waals surface area contributed by atoms with Crippen LogP contribution in [0.3, 0.4) is 0 Å². The van der Waals surface area contributed by atoms with Crippen LogP contribution in [0.25, 0.3) is 0 Å². The Hall–Kier alpha value is -2.14. The Morgan fingerprint density at radius 1 is 1.29 bits per heavy atom. The summed E-state index contributed by atoms with van der Waals surface area (Å²) in [7, 11) is 1.84. The van der Waals surface area contributed by atoms with Gasteiger partial charge in [0.05, 0.1) is 12.7 Å². The zero-order valence-electron chi connectivity index (χ0n) is 12.5. The zero-order valence-corrected chi connectivity index (χ0v) is 12.5. The largest absolute Gasteiger partial charge is 0.352 e. The average Bonchev–Trinajstić information content (AvgIpc) is 2.93. The fraction of sp³-hybridized carbons (Fsp3) is 0.375. The average molecular weight is 286 g/mol. The fourth-order valence-electron chi connectivity index (χ4n) is 2.12. The lowest BCUT2D eigenvalue weighted by atomic mass is 10.1. The molecule has 0 fully saturated rings. The van der Waals surface area contributed by atoms with Crippen molar-refractivity contribution in [3.05, 3.63) is 53.9 Å². The summed E-state index contributed by atoms with van der Waals surface area (Å²) in [6.07, 6.45) is 3.77. The van der Waals surface area contributed by atoms with Crippen LogP contribution in [0.2, 0.25) is 0 Å². The van der Waals surface area contributed by atoms with Gasteiger partial charge in [0.15, 0.2) is 0 Å². The van der Waals surface area contributed by atoms with Gasteiger partial charge in [-0.2, -0.15) is 5.10 Å². The first-order chi connectivity index (χ1) is 10.2. The van der Waals surface area contributed by atoms with Gasteiger partial charge in [-0.05, 0) is 12.6 Å². The minimum Gasteiger partial charge on any atom is -0.352 e. The predicted octanol–water partition coefficient (Wildman–Crippen LogP) is 1.40. The molecule has 5 nitrogen and oxygen atoms in total. The molecule has 0 saturated heterocycles. The SMILES string of the molecule is CNCC(C)C(=O)NCc1cnn(Cc2ccccc2)c1. The maximum Gasteiger partial charge on any atom is 0.224 e. The summed E-state index contributed by atoms with van der Waals surface area (Å²) in [5.74, 6) is 0.0227. The van der Waals surface area contributed by atoms with Gasteiger partial charge >= 0.3 is 0 Å². The molecular formula is C16H22N4O. The Balaban J connectivity index is 1.84. The normalized spacial score (nSPS) is 12.1. The minimum absolute atomic E-state index is 0.0330. The molecule has 1 unspecified atom stereocenters. The lowest BCUT2D eigenvalue weighted by molar-refractivity contribution is -0.124. The van der Waals surface area contributed by atoms with Crippen molar-refractivity contribution in [3.63, 3.8) is 0 Å². The smallest absolute Gasteiger partial charge is 0.224 e. The van der Waals surface area contributed by atoms with Crippen molar-refractivity contribution in [2.75, 3.05) is 13.6 Å². The Labute approximate surface area is 125 Å². The van der Waals surface area contributed by atoms with Crippen molar-refractivity contribution in [1.29, 1.82) is 0 Å². The van der Waals surface area contributed by atoms with Gasteiger partial charge in [0, 0.05) is 30.8 Å². The van der Waals surface area contributed by atoms with Crippen molar-refractivity contribution in [1.82, 2.24) is 20.4 Å². The van der Waals surface area contributed by atoms with E-state index in [1.54, 1.807) is 6.20 Å². The van der Waals surface area contributed by atoms with E-state index in [2.05, 4.69) is 27.9 Å². The van der Waals surface area contributed by atoms with Gasteiger partial charge in [-0.25, -0.2) is 0 Å². The monoisotopic (exact) mass is 286 g/mol. The first-order valence-electron chi connectivity index (χ1n) is 7.16. The molecule has 1 aromatic carbocycles. The number of rotatable bonds is 7. The molecule has 2 aromatic rings. The summed E-state index contributed by atoms with van der Waals surface area (Å²) in [4.78, 5) is 11.8. The molecule has 0 aliphatic heterocycles. The topological polar surface area (TPSA) is 59.0 Å². The van der Waals surface area contributed by atoms with Crippen LogP contribution >= 0.6 is 0 Å². The van der Waals surface area contributed by atoms with Crippen LogP contribution in [-0.4, -0.2) is 29.3 Å². The number of aromatic nitrogens is 2. The third-order valence-corrected chi connectivity index (χ3v) is 3.30. The van der Waals surface area contributed by atoms with Crippen molar-refractivity contribution in [2.45, 2.75) is 20.0 Å². The Morgan fingerprint density at radius 3 is 2.76 bits per heavy atom. The molecule has 0 aliphatic rings. The highest BCUT2D eigenvalue weighted by Crippen LogP contribution is 2.04. The van der Waals surface area contributed by atoms with Crippen molar-refractivity contribution in [3.8, 4) is 0 Å². The number of hydrogen-bond donors (Lipinski definition) is 2. The Bertz CT molecular complexity index is 565. The number of hydrogen-bond acceptors (Lipinski definition) is 3. The van der Waals surface area contributed by atoms with Crippen LogP contribution in [0.4, 0.5) is 0 Å². The Kier molecular flexibility index (Phi) is 5.51. The van der Waals surface area contributed by atoms with Gasteiger partial charge in [-0.1, -0.05) is 37.3 Å². The van der Waals surface area contributed by atoms with Gasteiger partial charge in [0.1, 0.15) is 0 Å². The predicted molar refractivity (Wildman–Crippen MR) is 82.7 cm³/mol. The lowest BCUT2D eigenvalue weighted by Crippen LogP contribution is -2.33. The number of nitrogens with zero attached hydrogens (tertiary/aromatic N) is 2. The van der Waals surface area contributed by atoms with Crippen LogP contribution in [0.5, 0.6) is 0 Å². The summed E-state index contributed by atoms with van der Waals surface area (Å²) in [5, 5.41) is 10.3. The molecule has 5 heteroatoms. The van der Waals surface area contributed by atoms with Gasteiger partial charge in [0.25, 0.3) is 0 Å². The van der Waals surface area contributed by atoms with Gasteiger partial charge in [0.2, 0.25) is 5.91 Å². The molecule has 1 amide bonds. The summed E-state index contributed by atoms with van der Waals surface area (Å²) in [5.41, 5.74) is 2.22. The van der Waals surface area contributed by atoms with E-state index in [4.69, 9.17) is 0 Å². The highest BCUT2D eigenvalue weighted by molar-refractivity contribution is 5.78. The zero-order chi connectivity index (χ0) is 15.1. The number of carbonyl (C=O) groups excluding carboxylic acids is 1. The highest BCUT2D eigenvalue weighted by atomic mass is 16.1. The molecule has 0 saturated carbocycles. The van der Waals surface area contributed by atoms with E-state index in [0.717, 1.165) is 12.1 Å². The van der Waals surface area contributed by atoms with E-state index in [-0.39, 0.29) is 11.8 Å². The highest BCUT2D eigenvalue weighted by Gasteiger charge is 2.11. The van der Waals surface area contributed by atoms with Crippen LogP contribution in [0.15, 0.2) is 42.7 Å². The van der Waals surface area contributed by atoms with Crippen LogP contribution in [-0.2, 0) is 17.9 Å². The molecule has 0 radical (unpaired) electrons. The quantitative estimate of drug-likeness (QED) is 0.809. The molecule has 1 aromatic heterocycles. The van der Waals surface area contributed by atoms with Gasteiger partial charge in [-0.15, -0.1) is 0 Å². The van der Waals surface area contributed by atoms with Gasteiger partial charge < -0.3 is 10.6 Å². The molecule has 0 aliphatic carbocycles. The van der Waals surface area contributed by atoms with Crippen LogP contribution < -0.4 is 10.6 Å². The van der Waals surface area contributed by atoms with E-state index in [0.29, 0.717) is 13.1 Å². The molecule has 0 bridgehead atoms. The second kappa shape index (κ2) is 7.59. The second-order valence-corrected chi connectivity index (χ2v) is 5.21. The number of amides is 1. The molecule has 2 N–H and O–H groups in total. The van der Waals surface area contributed by atoms with Crippen molar-refractivity contribution >= 4 is 5.91 Å². The van der Waals surface area contributed by atoms with E-state index in [9.17, 15) is 4.79 Å². The molecule has 2 rings (SSSR count). The molecule has 112 valence electrons. The summed E-state index contributed by atoms with van der Waals surface area (Å²) < 4.78 is 1.88. The lowest BCUT2D eigenvalue weighted by Gasteiger charge is -2.10. The number of benzene rings is 1. The van der Waals surface area contributed by atoms with Gasteiger partial charge in [-0.3, -0.25) is 9.48 Å². The van der Waals surface area contributed by atoms with Crippen molar-refractivity contribution in [2.24, 2.45) is 5.92 Å². The molecule has 1 heterocycles. The maximum atomic E-state index is 11.8. The summed E-state index contributed by atoms with van der Waals surface area (Å²) in [6, 6.07) is 10.2. The molecule has 0 spiro atoms. The van der Waals surface area contributed by atoms with E-state index in [1.807, 2.05) is 43.0 Å². The molecular weight excluding hydrogens is 264 g/mol. The third-order valence-electron chi connectivity index (χ3n) is 3.30. The first kappa shape index (κ1) is 15.3. The van der Waals surface area contributed by atoms with E-state index >= 15 is 0 Å². The third kappa shape index (κ3) is 4.72. The standard InChI is InChI=1S/C16H22N4O/c1-13(8-17-2)16(21)18-9-15-10-19-20(12-15)11-14-6-4-3-5-7-14/h3-7,10,12-13,17H,8-9,11H2,1-2H3,(H,18,21). The second-order valence-electron chi connectivity index (χ2n) is 5.21. The van der Waals surface area contributed by atoms with Crippen LogP contribution in [0, 0.1) is 5.92 Å². The Morgan fingerprint density at radius 2 is 2.05 bits per heavy atom. The summed E-state index contributed by atoms with van der Waals surface area (Å²) >= 11 is 0. The van der Waals surface area contributed by atoms with E-state index < -0.39 is 0 Å². The molecule has 1 atom stereocenters. The van der Waals surface area contributed by atoms with Crippen LogP contribution in [0.1, 0.15) is 18.1 Å². The number of nitrogens with one attached hydrogen (secondary N) is 2. The maximum absolute atomic E-state index is 11.8. The summed E-state index contributed by atoms with van der Waals surface area (Å²) in [6.45, 7) is 3.84. The van der Waals surface area contributed by atoms with Crippen molar-refractivity contribution < 1.29 is 4.79 Å². The minimum atomic E-state index is -0.0330. The fourth-order valence-corrected chi connectivity index (χ4v) is 2.12. The number of carbonyl (C=O) groups is 1. The first-order valence-corrected chi connectivity index (χ1v) is 7.16.